The molecule has 0 radical (unpaired) electrons. The maximum absolute atomic E-state index is 9.13. The maximum atomic E-state index is 9.13. The van der Waals surface area contributed by atoms with E-state index in [9.17, 15) is 0 Å². The lowest BCUT2D eigenvalue weighted by Gasteiger charge is -2.24. The number of likely N-dealkylation sites (N-methyl/N-ethyl adjacent to an activating group) is 1. The molecule has 1 N–H and O–H groups in total. The quantitative estimate of drug-likeness (QED) is 0.786. The van der Waals surface area contributed by atoms with E-state index >= 15 is 0 Å². The van der Waals surface area contributed by atoms with Crippen molar-refractivity contribution in [3.63, 3.8) is 0 Å². The Hall–Kier alpha value is -1.20. The minimum Gasteiger partial charge on any atom is -0.392 e. The van der Waals surface area contributed by atoms with E-state index in [1.165, 1.54) is 0 Å². The van der Waals surface area contributed by atoms with Crippen LogP contribution in [-0.2, 0) is 6.61 Å². The number of hydrogen-bond donors (Lipinski definition) is 1. The van der Waals surface area contributed by atoms with E-state index in [4.69, 9.17) is 5.11 Å². The molecule has 0 saturated heterocycles. The smallest absolute Gasteiger partial charge is 0.225 e. The minimum atomic E-state index is -0.00239. The van der Waals surface area contributed by atoms with Crippen LogP contribution in [0.5, 0.6) is 0 Å². The molecule has 1 rings (SSSR count). The molecule has 5 heteroatoms. The summed E-state index contributed by atoms with van der Waals surface area (Å²) >= 11 is 0. The van der Waals surface area contributed by atoms with E-state index in [-0.39, 0.29) is 6.61 Å². The summed E-state index contributed by atoms with van der Waals surface area (Å²) in [5.41, 5.74) is 1.65. The van der Waals surface area contributed by atoms with E-state index in [1.54, 1.807) is 6.20 Å². The Balaban J connectivity index is 2.81. The number of nitrogens with zero attached hydrogens (tertiary/aromatic N) is 4. The first-order chi connectivity index (χ1) is 8.58. The van der Waals surface area contributed by atoms with Gasteiger partial charge >= 0.3 is 0 Å². The topological polar surface area (TPSA) is 52.5 Å². The molecule has 18 heavy (non-hydrogen) atoms. The average Bonchev–Trinajstić information content (AvgIpc) is 2.34. The Morgan fingerprint density at radius 3 is 2.44 bits per heavy atom. The first-order valence-corrected chi connectivity index (χ1v) is 6.41. The SMILES string of the molecule is CCCN(CCN(C)C)c1ncc(CO)c(C)n1. The number of hydrogen-bond acceptors (Lipinski definition) is 5. The van der Waals surface area contributed by atoms with Gasteiger partial charge < -0.3 is 14.9 Å². The van der Waals surface area contributed by atoms with Crippen molar-refractivity contribution in [3.8, 4) is 0 Å². The summed E-state index contributed by atoms with van der Waals surface area (Å²) in [6.45, 7) is 6.90. The molecule has 0 spiro atoms. The molecule has 0 aromatic carbocycles. The molecule has 0 aliphatic heterocycles. The van der Waals surface area contributed by atoms with Gasteiger partial charge in [-0.2, -0.15) is 0 Å². The number of anilines is 1. The highest BCUT2D eigenvalue weighted by Gasteiger charge is 2.10. The first-order valence-electron chi connectivity index (χ1n) is 6.41. The second kappa shape index (κ2) is 7.28. The molecular weight excluding hydrogens is 228 g/mol. The number of aromatic nitrogens is 2. The summed E-state index contributed by atoms with van der Waals surface area (Å²) in [4.78, 5) is 13.2. The molecule has 1 aromatic rings. The third-order valence-electron chi connectivity index (χ3n) is 2.83. The normalized spacial score (nSPS) is 11.0. The summed E-state index contributed by atoms with van der Waals surface area (Å²) in [6.07, 6.45) is 2.79. The lowest BCUT2D eigenvalue weighted by Crippen LogP contribution is -2.33. The molecular formula is C13H24N4O. The Bertz CT molecular complexity index is 368. The van der Waals surface area contributed by atoms with E-state index in [0.717, 1.165) is 43.3 Å². The van der Waals surface area contributed by atoms with Crippen LogP contribution >= 0.6 is 0 Å². The van der Waals surface area contributed by atoms with Crippen molar-refractivity contribution in [2.75, 3.05) is 38.6 Å². The van der Waals surface area contributed by atoms with Gasteiger partial charge in [0, 0.05) is 37.1 Å². The Labute approximate surface area is 109 Å². The van der Waals surface area contributed by atoms with Gasteiger partial charge in [0.2, 0.25) is 5.95 Å². The fraction of sp³-hybridized carbons (Fsp3) is 0.692. The average molecular weight is 252 g/mol. The van der Waals surface area contributed by atoms with Gasteiger partial charge in [-0.25, -0.2) is 9.97 Å². The van der Waals surface area contributed by atoms with E-state index in [2.05, 4.69) is 40.8 Å². The number of aliphatic hydroxyl groups excluding tert-OH is 1. The molecule has 5 nitrogen and oxygen atoms in total. The van der Waals surface area contributed by atoms with Crippen LogP contribution in [0.2, 0.25) is 0 Å². The third-order valence-corrected chi connectivity index (χ3v) is 2.83. The molecule has 1 aromatic heterocycles. The van der Waals surface area contributed by atoms with E-state index < -0.39 is 0 Å². The first kappa shape index (κ1) is 14.9. The molecule has 0 atom stereocenters. The zero-order chi connectivity index (χ0) is 13.5. The van der Waals surface area contributed by atoms with Crippen LogP contribution in [0, 0.1) is 6.92 Å². The van der Waals surface area contributed by atoms with Gasteiger partial charge in [0.05, 0.1) is 6.61 Å². The van der Waals surface area contributed by atoms with Crippen LogP contribution in [0.15, 0.2) is 6.20 Å². The number of aliphatic hydroxyl groups is 1. The molecule has 102 valence electrons. The molecule has 0 bridgehead atoms. The highest BCUT2D eigenvalue weighted by atomic mass is 16.3. The van der Waals surface area contributed by atoms with Crippen molar-refractivity contribution in [3.05, 3.63) is 17.5 Å². The Morgan fingerprint density at radius 1 is 1.22 bits per heavy atom. The molecule has 0 aliphatic rings. The molecule has 0 amide bonds. The third kappa shape index (κ3) is 4.23. The predicted octanol–water partition coefficient (Wildman–Crippen LogP) is 1.06. The molecule has 0 aliphatic carbocycles. The van der Waals surface area contributed by atoms with Crippen molar-refractivity contribution in [1.29, 1.82) is 0 Å². The van der Waals surface area contributed by atoms with E-state index in [1.807, 2.05) is 6.92 Å². The largest absolute Gasteiger partial charge is 0.392 e. The van der Waals surface area contributed by atoms with E-state index in [0.29, 0.717) is 0 Å². The zero-order valence-electron chi connectivity index (χ0n) is 11.8. The lowest BCUT2D eigenvalue weighted by atomic mass is 10.2. The van der Waals surface area contributed by atoms with Crippen LogP contribution in [0.25, 0.3) is 0 Å². The molecule has 0 saturated carbocycles. The zero-order valence-corrected chi connectivity index (χ0v) is 11.8. The van der Waals surface area contributed by atoms with Gasteiger partial charge in [0.1, 0.15) is 0 Å². The second-order valence-electron chi connectivity index (χ2n) is 4.73. The standard InChI is InChI=1S/C13H24N4O/c1-5-6-17(8-7-16(3)4)13-14-9-12(10-18)11(2)15-13/h9,18H,5-8,10H2,1-4H3. The summed E-state index contributed by atoms with van der Waals surface area (Å²) in [5.74, 6) is 0.758. The van der Waals surface area contributed by atoms with Crippen molar-refractivity contribution in [2.45, 2.75) is 26.9 Å². The summed E-state index contributed by atoms with van der Waals surface area (Å²) in [5, 5.41) is 9.13. The monoisotopic (exact) mass is 252 g/mol. The highest BCUT2D eigenvalue weighted by molar-refractivity contribution is 5.32. The van der Waals surface area contributed by atoms with Gasteiger partial charge in [-0.15, -0.1) is 0 Å². The number of rotatable bonds is 7. The van der Waals surface area contributed by atoms with Crippen LogP contribution in [-0.4, -0.2) is 53.7 Å². The van der Waals surface area contributed by atoms with Crippen molar-refractivity contribution in [2.24, 2.45) is 0 Å². The van der Waals surface area contributed by atoms with Gasteiger partial charge in [0.25, 0.3) is 0 Å². The molecule has 0 fully saturated rings. The second-order valence-corrected chi connectivity index (χ2v) is 4.73. The van der Waals surface area contributed by atoms with Crippen LogP contribution in [0.4, 0.5) is 5.95 Å². The van der Waals surface area contributed by atoms with Crippen molar-refractivity contribution >= 4 is 5.95 Å². The predicted molar refractivity (Wildman–Crippen MR) is 73.7 cm³/mol. The van der Waals surface area contributed by atoms with Crippen LogP contribution < -0.4 is 4.90 Å². The fourth-order valence-corrected chi connectivity index (χ4v) is 1.69. The van der Waals surface area contributed by atoms with Gasteiger partial charge in [-0.05, 0) is 27.4 Å². The lowest BCUT2D eigenvalue weighted by molar-refractivity contribution is 0.280. The molecule has 1 heterocycles. The van der Waals surface area contributed by atoms with Gasteiger partial charge in [0.15, 0.2) is 0 Å². The Kier molecular flexibility index (Phi) is 6.01. The summed E-state index contributed by atoms with van der Waals surface area (Å²) < 4.78 is 0. The maximum Gasteiger partial charge on any atom is 0.225 e. The summed E-state index contributed by atoms with van der Waals surface area (Å²) in [6, 6.07) is 0. The van der Waals surface area contributed by atoms with Crippen molar-refractivity contribution in [1.82, 2.24) is 14.9 Å². The van der Waals surface area contributed by atoms with Crippen LogP contribution in [0.1, 0.15) is 24.6 Å². The summed E-state index contributed by atoms with van der Waals surface area (Å²) in [7, 11) is 4.12. The fourth-order valence-electron chi connectivity index (χ4n) is 1.69. The molecule has 0 unspecified atom stereocenters. The van der Waals surface area contributed by atoms with Gasteiger partial charge in [-0.3, -0.25) is 0 Å². The number of aryl methyl sites for hydroxylation is 1. The Morgan fingerprint density at radius 2 is 1.94 bits per heavy atom. The van der Waals surface area contributed by atoms with Crippen LogP contribution in [0.3, 0.4) is 0 Å². The highest BCUT2D eigenvalue weighted by Crippen LogP contribution is 2.11. The van der Waals surface area contributed by atoms with Crippen molar-refractivity contribution < 1.29 is 5.11 Å². The minimum absolute atomic E-state index is 0.00239. The van der Waals surface area contributed by atoms with Gasteiger partial charge in [-0.1, -0.05) is 6.92 Å².